The Morgan fingerprint density at radius 1 is 1.43 bits per heavy atom. The first-order valence-electron chi connectivity index (χ1n) is 6.65. The van der Waals surface area contributed by atoms with Crippen LogP contribution in [0.3, 0.4) is 0 Å². The number of thioether (sulfide) groups is 1. The normalized spacial score (nSPS) is 21.6. The fourth-order valence-corrected chi connectivity index (χ4v) is 3.61. The minimum absolute atomic E-state index is 0.0577. The van der Waals surface area contributed by atoms with Gasteiger partial charge >= 0.3 is 0 Å². The number of anilines is 1. The lowest BCUT2D eigenvalue weighted by atomic mass is 10.0. The van der Waals surface area contributed by atoms with Gasteiger partial charge in [0.2, 0.25) is 0 Å². The van der Waals surface area contributed by atoms with E-state index in [0.29, 0.717) is 17.9 Å². The third kappa shape index (κ3) is 3.08. The second kappa shape index (κ2) is 5.50. The van der Waals surface area contributed by atoms with Crippen molar-refractivity contribution in [2.24, 2.45) is 0 Å². The van der Waals surface area contributed by atoms with Crippen molar-refractivity contribution in [1.82, 2.24) is 4.98 Å². The Balaban J connectivity index is 1.78. The van der Waals surface area contributed by atoms with E-state index in [2.05, 4.69) is 10.3 Å². The van der Waals surface area contributed by atoms with Crippen LogP contribution >= 0.6 is 11.8 Å². The van der Waals surface area contributed by atoms with Gasteiger partial charge in [0.05, 0.1) is 16.0 Å². The summed E-state index contributed by atoms with van der Waals surface area (Å²) in [6.07, 6.45) is 0.782. The molecule has 6 nitrogen and oxygen atoms in total. The first-order valence-corrected chi connectivity index (χ1v) is 7.80. The average molecular weight is 305 g/mol. The number of hydrogen-bond acceptors (Lipinski definition) is 6. The van der Waals surface area contributed by atoms with E-state index in [9.17, 15) is 15.2 Å². The number of fused-ring (bicyclic) bond motifs is 1. The fraction of sp³-hybridized carbons (Fsp3) is 0.357. The number of nitro groups is 1. The summed E-state index contributed by atoms with van der Waals surface area (Å²) in [5, 5.41) is 24.9. The van der Waals surface area contributed by atoms with Crippen molar-refractivity contribution in [3.8, 4) is 0 Å². The zero-order valence-electron chi connectivity index (χ0n) is 11.3. The van der Waals surface area contributed by atoms with Crippen LogP contribution in [0.4, 0.5) is 11.5 Å². The van der Waals surface area contributed by atoms with Gasteiger partial charge in [0.1, 0.15) is 5.82 Å². The van der Waals surface area contributed by atoms with E-state index in [0.717, 1.165) is 23.3 Å². The van der Waals surface area contributed by atoms with E-state index in [1.807, 2.05) is 0 Å². The molecule has 2 heterocycles. The number of nitro benzene ring substituents is 1. The molecule has 0 radical (unpaired) electrons. The second-order valence-corrected chi connectivity index (χ2v) is 6.32. The molecule has 3 rings (SSSR count). The molecule has 0 aliphatic carbocycles. The van der Waals surface area contributed by atoms with Gasteiger partial charge in [-0.1, -0.05) is 0 Å². The first-order chi connectivity index (χ1) is 10.1. The van der Waals surface area contributed by atoms with Crippen LogP contribution in [0.1, 0.15) is 6.42 Å². The first kappa shape index (κ1) is 14.1. The molecule has 1 aromatic heterocycles. The Hall–Kier alpha value is -1.86. The molecule has 2 aromatic rings. The Morgan fingerprint density at radius 2 is 2.29 bits per heavy atom. The third-order valence-electron chi connectivity index (χ3n) is 3.56. The summed E-state index contributed by atoms with van der Waals surface area (Å²) in [5.41, 5.74) is 0.0808. The van der Waals surface area contributed by atoms with E-state index in [1.165, 1.54) is 12.1 Å². The molecule has 0 amide bonds. The minimum atomic E-state index is -0.670. The zero-order chi connectivity index (χ0) is 14.9. The molecule has 1 saturated heterocycles. The number of benzene rings is 1. The van der Waals surface area contributed by atoms with Crippen LogP contribution in [0.15, 0.2) is 30.3 Å². The molecule has 1 aliphatic rings. The largest absolute Gasteiger partial charge is 0.387 e. The predicted molar refractivity (Wildman–Crippen MR) is 83.8 cm³/mol. The highest BCUT2D eigenvalue weighted by Gasteiger charge is 2.31. The predicted octanol–water partition coefficient (Wildman–Crippen LogP) is 2.42. The van der Waals surface area contributed by atoms with E-state index in [1.54, 1.807) is 30.0 Å². The van der Waals surface area contributed by atoms with Gasteiger partial charge in [-0.25, -0.2) is 4.98 Å². The van der Waals surface area contributed by atoms with Gasteiger partial charge in [-0.2, -0.15) is 11.8 Å². The Labute approximate surface area is 125 Å². The Kier molecular flexibility index (Phi) is 3.69. The maximum atomic E-state index is 10.7. The summed E-state index contributed by atoms with van der Waals surface area (Å²) in [6.45, 7) is 0.464. The molecule has 0 spiro atoms. The van der Waals surface area contributed by atoms with Crippen molar-refractivity contribution in [2.45, 2.75) is 12.0 Å². The number of nitrogens with one attached hydrogen (secondary N) is 1. The number of hydrogen-bond donors (Lipinski definition) is 2. The molecule has 1 unspecified atom stereocenters. The molecule has 0 bridgehead atoms. The highest BCUT2D eigenvalue weighted by Crippen LogP contribution is 2.28. The molecule has 1 aromatic carbocycles. The van der Waals surface area contributed by atoms with Gasteiger partial charge in [-0.15, -0.1) is 0 Å². The van der Waals surface area contributed by atoms with Gasteiger partial charge in [-0.3, -0.25) is 10.1 Å². The summed E-state index contributed by atoms with van der Waals surface area (Å²) < 4.78 is 0. The van der Waals surface area contributed by atoms with Crippen LogP contribution < -0.4 is 5.32 Å². The van der Waals surface area contributed by atoms with Crippen molar-refractivity contribution in [2.75, 3.05) is 23.4 Å². The maximum absolute atomic E-state index is 10.7. The number of nitrogens with zero attached hydrogens (tertiary/aromatic N) is 2. The van der Waals surface area contributed by atoms with E-state index in [4.69, 9.17) is 0 Å². The zero-order valence-corrected chi connectivity index (χ0v) is 12.1. The molecule has 2 N–H and O–H groups in total. The van der Waals surface area contributed by atoms with E-state index in [-0.39, 0.29) is 5.69 Å². The third-order valence-corrected chi connectivity index (χ3v) is 4.80. The van der Waals surface area contributed by atoms with Crippen LogP contribution in [0, 0.1) is 10.1 Å². The highest BCUT2D eigenvalue weighted by molar-refractivity contribution is 7.99. The van der Waals surface area contributed by atoms with Gasteiger partial charge in [0.25, 0.3) is 5.69 Å². The van der Waals surface area contributed by atoms with Gasteiger partial charge in [0, 0.05) is 29.8 Å². The number of aromatic nitrogens is 1. The van der Waals surface area contributed by atoms with Crippen LogP contribution in [0.5, 0.6) is 0 Å². The summed E-state index contributed by atoms with van der Waals surface area (Å²) in [6, 6.07) is 8.16. The van der Waals surface area contributed by atoms with Crippen LogP contribution in [0.2, 0.25) is 0 Å². The summed E-state index contributed by atoms with van der Waals surface area (Å²) >= 11 is 1.75. The van der Waals surface area contributed by atoms with Crippen LogP contribution in [0.25, 0.3) is 10.9 Å². The van der Waals surface area contributed by atoms with E-state index < -0.39 is 10.5 Å². The maximum Gasteiger partial charge on any atom is 0.270 e. The van der Waals surface area contributed by atoms with E-state index >= 15 is 0 Å². The monoisotopic (exact) mass is 305 g/mol. The lowest BCUT2D eigenvalue weighted by Gasteiger charge is -2.21. The van der Waals surface area contributed by atoms with Crippen molar-refractivity contribution in [1.29, 1.82) is 0 Å². The molecule has 1 fully saturated rings. The molecular weight excluding hydrogens is 290 g/mol. The number of aliphatic hydroxyl groups is 1. The van der Waals surface area contributed by atoms with Crippen molar-refractivity contribution < 1.29 is 10.0 Å². The van der Waals surface area contributed by atoms with Crippen LogP contribution in [-0.2, 0) is 0 Å². The molecular formula is C14H15N3O3S. The summed E-state index contributed by atoms with van der Waals surface area (Å²) in [7, 11) is 0. The molecule has 7 heteroatoms. The molecule has 21 heavy (non-hydrogen) atoms. The molecule has 1 aliphatic heterocycles. The SMILES string of the molecule is O=[N+]([O-])c1ccc2nc(NCC3(O)CCSC3)ccc2c1. The summed E-state index contributed by atoms with van der Waals surface area (Å²) in [4.78, 5) is 14.7. The second-order valence-electron chi connectivity index (χ2n) is 5.21. The van der Waals surface area contributed by atoms with Crippen LogP contribution in [-0.4, -0.2) is 38.7 Å². The quantitative estimate of drug-likeness (QED) is 0.666. The fourth-order valence-electron chi connectivity index (χ4n) is 2.32. The molecule has 0 saturated carbocycles. The van der Waals surface area contributed by atoms with Crippen molar-refractivity contribution >= 4 is 34.2 Å². The van der Waals surface area contributed by atoms with Gasteiger partial charge in [0.15, 0.2) is 0 Å². The topological polar surface area (TPSA) is 88.3 Å². The molecule has 1 atom stereocenters. The lowest BCUT2D eigenvalue weighted by Crippen LogP contribution is -2.36. The standard InChI is InChI=1S/C14H15N3O3S/c18-14(5-6-21-9-14)8-15-13-4-1-10-7-11(17(19)20)2-3-12(10)16-13/h1-4,7,18H,5-6,8-9H2,(H,15,16). The van der Waals surface area contributed by atoms with Gasteiger partial charge < -0.3 is 10.4 Å². The summed E-state index contributed by atoms with van der Waals surface area (Å²) in [5.74, 6) is 2.38. The Morgan fingerprint density at radius 3 is 3.00 bits per heavy atom. The number of rotatable bonds is 4. The lowest BCUT2D eigenvalue weighted by molar-refractivity contribution is -0.384. The molecule has 110 valence electrons. The van der Waals surface area contributed by atoms with Crippen molar-refractivity contribution in [3.05, 3.63) is 40.4 Å². The van der Waals surface area contributed by atoms with Crippen molar-refractivity contribution in [3.63, 3.8) is 0 Å². The minimum Gasteiger partial charge on any atom is -0.387 e. The number of pyridine rings is 1. The Bertz CT molecular complexity index is 686. The smallest absolute Gasteiger partial charge is 0.270 e. The average Bonchev–Trinajstić information content (AvgIpc) is 2.91. The number of non-ortho nitro benzene ring substituents is 1. The van der Waals surface area contributed by atoms with Gasteiger partial charge in [-0.05, 0) is 30.4 Å². The highest BCUT2D eigenvalue weighted by atomic mass is 32.2.